The molecule has 15 heavy (non-hydrogen) atoms. The number of hydrogen-bond donors (Lipinski definition) is 1. The molecule has 2 heteroatoms. The second-order valence-corrected chi connectivity index (χ2v) is 4.94. The fraction of sp³-hybridized carbons (Fsp3) is 0.538. The highest BCUT2D eigenvalue weighted by Crippen LogP contribution is 2.28. The molecule has 1 N–H and O–H groups in total. The normalized spacial score (nSPS) is 25.7. The van der Waals surface area contributed by atoms with Gasteiger partial charge in [0.05, 0.1) is 0 Å². The summed E-state index contributed by atoms with van der Waals surface area (Å²) in [4.78, 5) is 0. The molecule has 0 saturated heterocycles. The first kappa shape index (κ1) is 11.0. The fourth-order valence-corrected chi connectivity index (χ4v) is 2.73. The molecule has 1 fully saturated rings. The summed E-state index contributed by atoms with van der Waals surface area (Å²) in [5.41, 5.74) is 1.38. The molecule has 2 rings (SSSR count). The lowest BCUT2D eigenvalue weighted by atomic mass is 9.98. The van der Waals surface area contributed by atoms with Gasteiger partial charge in [-0.25, -0.2) is 0 Å². The van der Waals surface area contributed by atoms with Crippen molar-refractivity contribution in [3.63, 3.8) is 0 Å². The first-order chi connectivity index (χ1) is 7.28. The standard InChI is InChI=1S/C13H18ClN/c1-15-13-6-5-11(9-13)7-10-3-2-4-12(14)8-10/h2-4,8,11,13,15H,5-7,9H2,1H3. The van der Waals surface area contributed by atoms with E-state index in [1.54, 1.807) is 0 Å². The summed E-state index contributed by atoms with van der Waals surface area (Å²) >= 11 is 5.97. The average molecular weight is 224 g/mol. The highest BCUT2D eigenvalue weighted by molar-refractivity contribution is 6.30. The van der Waals surface area contributed by atoms with Gasteiger partial charge in [-0.2, -0.15) is 0 Å². The van der Waals surface area contributed by atoms with Crippen LogP contribution in [0.5, 0.6) is 0 Å². The number of benzene rings is 1. The van der Waals surface area contributed by atoms with E-state index in [1.165, 1.54) is 31.2 Å². The van der Waals surface area contributed by atoms with Crippen LogP contribution in [-0.2, 0) is 6.42 Å². The van der Waals surface area contributed by atoms with Crippen molar-refractivity contribution in [2.75, 3.05) is 7.05 Å². The summed E-state index contributed by atoms with van der Waals surface area (Å²) in [5, 5.41) is 4.22. The van der Waals surface area contributed by atoms with Crippen molar-refractivity contribution in [3.05, 3.63) is 34.9 Å². The van der Waals surface area contributed by atoms with Crippen molar-refractivity contribution < 1.29 is 0 Å². The van der Waals surface area contributed by atoms with Gasteiger partial charge in [0.25, 0.3) is 0 Å². The van der Waals surface area contributed by atoms with Crippen LogP contribution in [0.15, 0.2) is 24.3 Å². The minimum absolute atomic E-state index is 0.731. The van der Waals surface area contributed by atoms with E-state index in [2.05, 4.69) is 24.5 Å². The molecule has 0 radical (unpaired) electrons. The highest BCUT2D eigenvalue weighted by Gasteiger charge is 2.23. The van der Waals surface area contributed by atoms with E-state index < -0.39 is 0 Å². The van der Waals surface area contributed by atoms with Gasteiger partial charge in [0, 0.05) is 11.1 Å². The summed E-state index contributed by atoms with van der Waals surface area (Å²) < 4.78 is 0. The minimum atomic E-state index is 0.731. The molecule has 1 saturated carbocycles. The lowest BCUT2D eigenvalue weighted by molar-refractivity contribution is 0.510. The monoisotopic (exact) mass is 223 g/mol. The van der Waals surface area contributed by atoms with Gasteiger partial charge in [-0.3, -0.25) is 0 Å². The Morgan fingerprint density at radius 3 is 2.93 bits per heavy atom. The molecular weight excluding hydrogens is 206 g/mol. The van der Waals surface area contributed by atoms with Crippen molar-refractivity contribution in [2.24, 2.45) is 5.92 Å². The summed E-state index contributed by atoms with van der Waals surface area (Å²) in [6, 6.07) is 8.99. The van der Waals surface area contributed by atoms with Crippen molar-refractivity contribution in [3.8, 4) is 0 Å². The van der Waals surface area contributed by atoms with Crippen LogP contribution in [0.3, 0.4) is 0 Å². The molecule has 0 aromatic heterocycles. The molecule has 82 valence electrons. The number of nitrogens with one attached hydrogen (secondary N) is 1. The zero-order valence-electron chi connectivity index (χ0n) is 9.17. The van der Waals surface area contributed by atoms with Gasteiger partial charge in [0.2, 0.25) is 0 Å². The Morgan fingerprint density at radius 1 is 1.40 bits per heavy atom. The van der Waals surface area contributed by atoms with Crippen LogP contribution in [0.1, 0.15) is 24.8 Å². The average Bonchev–Trinajstić information content (AvgIpc) is 2.65. The Morgan fingerprint density at radius 2 is 2.27 bits per heavy atom. The van der Waals surface area contributed by atoms with Crippen LogP contribution >= 0.6 is 11.6 Å². The lowest BCUT2D eigenvalue weighted by Crippen LogP contribution is -2.21. The van der Waals surface area contributed by atoms with Crippen LogP contribution in [0.2, 0.25) is 5.02 Å². The molecule has 2 atom stereocenters. The summed E-state index contributed by atoms with van der Waals surface area (Å²) in [5.74, 6) is 0.834. The second-order valence-electron chi connectivity index (χ2n) is 4.50. The van der Waals surface area contributed by atoms with E-state index in [0.717, 1.165) is 17.0 Å². The minimum Gasteiger partial charge on any atom is -0.317 e. The van der Waals surface area contributed by atoms with Crippen LogP contribution in [-0.4, -0.2) is 13.1 Å². The summed E-state index contributed by atoms with van der Waals surface area (Å²) in [6.07, 6.45) is 5.15. The molecule has 2 unspecified atom stereocenters. The van der Waals surface area contributed by atoms with Crippen LogP contribution in [0.4, 0.5) is 0 Å². The van der Waals surface area contributed by atoms with Gasteiger partial charge >= 0.3 is 0 Å². The molecule has 1 nitrogen and oxygen atoms in total. The molecule has 0 aliphatic heterocycles. The highest BCUT2D eigenvalue weighted by atomic mass is 35.5. The molecule has 0 spiro atoms. The number of hydrogen-bond acceptors (Lipinski definition) is 1. The maximum absolute atomic E-state index is 5.97. The van der Waals surface area contributed by atoms with Gasteiger partial charge in [0.1, 0.15) is 0 Å². The zero-order valence-corrected chi connectivity index (χ0v) is 9.93. The lowest BCUT2D eigenvalue weighted by Gasteiger charge is -2.10. The Balaban J connectivity index is 1.92. The molecule has 0 heterocycles. The Kier molecular flexibility index (Phi) is 3.66. The maximum Gasteiger partial charge on any atom is 0.0408 e. The largest absolute Gasteiger partial charge is 0.317 e. The van der Waals surface area contributed by atoms with Gasteiger partial charge < -0.3 is 5.32 Å². The van der Waals surface area contributed by atoms with E-state index in [9.17, 15) is 0 Å². The van der Waals surface area contributed by atoms with Crippen molar-refractivity contribution in [1.29, 1.82) is 0 Å². The molecule has 1 aliphatic rings. The van der Waals surface area contributed by atoms with E-state index in [4.69, 9.17) is 11.6 Å². The Labute approximate surface area is 96.8 Å². The molecule has 1 aromatic rings. The fourth-order valence-electron chi connectivity index (χ4n) is 2.52. The van der Waals surface area contributed by atoms with Gasteiger partial charge in [-0.15, -0.1) is 0 Å². The predicted molar refractivity (Wildman–Crippen MR) is 65.3 cm³/mol. The van der Waals surface area contributed by atoms with Crippen LogP contribution < -0.4 is 5.32 Å². The summed E-state index contributed by atoms with van der Waals surface area (Å²) in [6.45, 7) is 0. The second kappa shape index (κ2) is 5.00. The van der Waals surface area contributed by atoms with Crippen molar-refractivity contribution in [2.45, 2.75) is 31.7 Å². The van der Waals surface area contributed by atoms with Gasteiger partial charge in [-0.05, 0) is 56.3 Å². The molecule has 0 bridgehead atoms. The first-order valence-electron chi connectivity index (χ1n) is 5.69. The summed E-state index contributed by atoms with van der Waals surface area (Å²) in [7, 11) is 2.06. The molecule has 1 aromatic carbocycles. The third-order valence-corrected chi connectivity index (χ3v) is 3.60. The SMILES string of the molecule is CNC1CCC(Cc2cccc(Cl)c2)C1. The predicted octanol–water partition coefficient (Wildman–Crippen LogP) is 3.27. The molecule has 0 amide bonds. The molecular formula is C13H18ClN. The van der Waals surface area contributed by atoms with Gasteiger partial charge in [-0.1, -0.05) is 23.7 Å². The Bertz CT molecular complexity index is 324. The topological polar surface area (TPSA) is 12.0 Å². The smallest absolute Gasteiger partial charge is 0.0408 e. The van der Waals surface area contributed by atoms with Crippen molar-refractivity contribution in [1.82, 2.24) is 5.32 Å². The molecule has 1 aliphatic carbocycles. The maximum atomic E-state index is 5.97. The quantitative estimate of drug-likeness (QED) is 0.830. The van der Waals surface area contributed by atoms with E-state index in [0.29, 0.717) is 0 Å². The third kappa shape index (κ3) is 2.96. The van der Waals surface area contributed by atoms with E-state index >= 15 is 0 Å². The number of rotatable bonds is 3. The third-order valence-electron chi connectivity index (χ3n) is 3.36. The first-order valence-corrected chi connectivity index (χ1v) is 6.07. The zero-order chi connectivity index (χ0) is 10.7. The van der Waals surface area contributed by atoms with E-state index in [-0.39, 0.29) is 0 Å². The van der Waals surface area contributed by atoms with E-state index in [1.807, 2.05) is 12.1 Å². The van der Waals surface area contributed by atoms with Crippen molar-refractivity contribution >= 4 is 11.6 Å². The van der Waals surface area contributed by atoms with Crippen LogP contribution in [0, 0.1) is 5.92 Å². The van der Waals surface area contributed by atoms with Crippen LogP contribution in [0.25, 0.3) is 0 Å². The Hall–Kier alpha value is -0.530. The van der Waals surface area contributed by atoms with Gasteiger partial charge in [0.15, 0.2) is 0 Å². The number of halogens is 1.